The van der Waals surface area contributed by atoms with Gasteiger partial charge in [0.1, 0.15) is 5.82 Å². The third-order valence-electron chi connectivity index (χ3n) is 6.87. The molecule has 184 valence electrons. The second-order valence-electron chi connectivity index (χ2n) is 9.55. The number of hydrogen-bond donors (Lipinski definition) is 1. The van der Waals surface area contributed by atoms with Gasteiger partial charge >= 0.3 is 6.03 Å². The van der Waals surface area contributed by atoms with Crippen molar-refractivity contribution in [2.24, 2.45) is 5.92 Å². The van der Waals surface area contributed by atoms with Crippen LogP contribution in [0.1, 0.15) is 16.8 Å². The zero-order valence-corrected chi connectivity index (χ0v) is 20.9. The molecule has 0 bridgehead atoms. The fourth-order valence-corrected chi connectivity index (χ4v) is 4.95. The summed E-state index contributed by atoms with van der Waals surface area (Å²) in [7, 11) is 5.21. The lowest BCUT2D eigenvalue weighted by Gasteiger charge is -2.21. The maximum atomic E-state index is 12.5. The summed E-state index contributed by atoms with van der Waals surface area (Å²) in [6.45, 7) is 2.18. The normalized spacial score (nSPS) is 15.3. The van der Waals surface area contributed by atoms with Gasteiger partial charge in [0.2, 0.25) is 0 Å². The van der Waals surface area contributed by atoms with Crippen molar-refractivity contribution in [2.45, 2.75) is 13.0 Å². The van der Waals surface area contributed by atoms with Crippen molar-refractivity contribution in [3.8, 4) is 22.5 Å². The molecule has 7 heteroatoms. The third-order valence-corrected chi connectivity index (χ3v) is 6.87. The van der Waals surface area contributed by atoms with Crippen LogP contribution in [0.3, 0.4) is 0 Å². The predicted octanol–water partition coefficient (Wildman–Crippen LogP) is 4.73. The first-order chi connectivity index (χ1) is 17.4. The Hall–Kier alpha value is -4.13. The van der Waals surface area contributed by atoms with Crippen molar-refractivity contribution in [1.29, 1.82) is 0 Å². The summed E-state index contributed by atoms with van der Waals surface area (Å²) in [5.41, 5.74) is 5.72. The SMILES string of the molecule is CNC(=O)c1ccc2nc(-c3ccc(-c4ccccc4)cc3)n(C[C@H]3CCN(C(=O)N(C)C)C3)c2c1. The molecule has 36 heavy (non-hydrogen) atoms. The van der Waals surface area contributed by atoms with Gasteiger partial charge in [-0.05, 0) is 41.7 Å². The quantitative estimate of drug-likeness (QED) is 0.448. The molecule has 5 rings (SSSR count). The van der Waals surface area contributed by atoms with Crippen molar-refractivity contribution in [3.63, 3.8) is 0 Å². The topological polar surface area (TPSA) is 70.5 Å². The average Bonchev–Trinajstić information content (AvgIpc) is 3.53. The highest BCUT2D eigenvalue weighted by Gasteiger charge is 2.28. The lowest BCUT2D eigenvalue weighted by atomic mass is 10.0. The molecular weight excluding hydrogens is 450 g/mol. The molecule has 0 aliphatic carbocycles. The van der Waals surface area contributed by atoms with Crippen LogP contribution < -0.4 is 5.32 Å². The van der Waals surface area contributed by atoms with Crippen molar-refractivity contribution in [3.05, 3.63) is 78.4 Å². The zero-order valence-electron chi connectivity index (χ0n) is 20.9. The van der Waals surface area contributed by atoms with E-state index < -0.39 is 0 Å². The molecule has 1 fully saturated rings. The summed E-state index contributed by atoms with van der Waals surface area (Å²) in [4.78, 5) is 33.4. The van der Waals surface area contributed by atoms with Crippen LogP contribution in [0.25, 0.3) is 33.5 Å². The van der Waals surface area contributed by atoms with Crippen LogP contribution in [-0.4, -0.2) is 65.5 Å². The number of aromatic nitrogens is 2. The Bertz CT molecular complexity index is 1390. The minimum absolute atomic E-state index is 0.0478. The molecule has 4 aromatic rings. The van der Waals surface area contributed by atoms with E-state index in [1.165, 1.54) is 5.56 Å². The Morgan fingerprint density at radius 2 is 1.67 bits per heavy atom. The van der Waals surface area contributed by atoms with Crippen LogP contribution >= 0.6 is 0 Å². The van der Waals surface area contributed by atoms with Crippen molar-refractivity contribution < 1.29 is 9.59 Å². The number of carbonyl (C=O) groups is 2. The second-order valence-corrected chi connectivity index (χ2v) is 9.55. The molecule has 3 aromatic carbocycles. The number of benzene rings is 3. The first-order valence-corrected chi connectivity index (χ1v) is 12.3. The summed E-state index contributed by atoms with van der Waals surface area (Å²) in [5, 5.41) is 2.71. The van der Waals surface area contributed by atoms with Crippen LogP contribution in [0, 0.1) is 5.92 Å². The summed E-state index contributed by atoms with van der Waals surface area (Å²) in [5.74, 6) is 1.05. The number of urea groups is 1. The van der Waals surface area contributed by atoms with E-state index in [0.717, 1.165) is 47.5 Å². The molecule has 1 saturated heterocycles. The lowest BCUT2D eigenvalue weighted by molar-refractivity contribution is 0.0963. The van der Waals surface area contributed by atoms with Crippen molar-refractivity contribution in [2.75, 3.05) is 34.2 Å². The zero-order chi connectivity index (χ0) is 25.2. The highest BCUT2D eigenvalue weighted by atomic mass is 16.2. The molecule has 0 saturated carbocycles. The van der Waals surface area contributed by atoms with E-state index in [0.29, 0.717) is 18.0 Å². The number of amides is 3. The standard InChI is InChI=1S/C29H31N5O2/c1-30-28(35)24-13-14-25-26(17-24)34(19-20-15-16-33(18-20)29(36)32(2)3)27(31-25)23-11-9-22(10-12-23)21-7-5-4-6-8-21/h4-14,17,20H,15-16,18-19H2,1-3H3,(H,30,35)/t20-/m0/s1. The Morgan fingerprint density at radius 3 is 2.36 bits per heavy atom. The molecule has 3 amide bonds. The molecular formula is C29H31N5O2. The molecule has 2 heterocycles. The van der Waals surface area contributed by atoms with Gasteiger partial charge in [-0.2, -0.15) is 0 Å². The maximum absolute atomic E-state index is 12.5. The Morgan fingerprint density at radius 1 is 0.972 bits per heavy atom. The number of carbonyl (C=O) groups excluding carboxylic acids is 2. The first-order valence-electron chi connectivity index (χ1n) is 12.3. The smallest absolute Gasteiger partial charge is 0.319 e. The Labute approximate surface area is 211 Å². The number of likely N-dealkylation sites (tertiary alicyclic amines) is 1. The number of nitrogens with zero attached hydrogens (tertiary/aromatic N) is 4. The van der Waals surface area contributed by atoms with E-state index in [9.17, 15) is 9.59 Å². The van der Waals surface area contributed by atoms with Gasteiger partial charge in [-0.3, -0.25) is 4.79 Å². The number of nitrogens with one attached hydrogen (secondary N) is 1. The largest absolute Gasteiger partial charge is 0.355 e. The summed E-state index contributed by atoms with van der Waals surface area (Å²) >= 11 is 0. The number of fused-ring (bicyclic) bond motifs is 1. The third kappa shape index (κ3) is 4.56. The molecule has 0 spiro atoms. The van der Waals surface area contributed by atoms with Crippen molar-refractivity contribution in [1.82, 2.24) is 24.7 Å². The lowest BCUT2D eigenvalue weighted by Crippen LogP contribution is -2.37. The van der Waals surface area contributed by atoms with Gasteiger partial charge < -0.3 is 19.7 Å². The van der Waals surface area contributed by atoms with Crippen LogP contribution in [0.2, 0.25) is 0 Å². The van der Waals surface area contributed by atoms with Gasteiger partial charge in [0.25, 0.3) is 5.91 Å². The van der Waals surface area contributed by atoms with Crippen LogP contribution in [-0.2, 0) is 6.54 Å². The molecule has 0 radical (unpaired) electrons. The van der Waals surface area contributed by atoms with E-state index in [4.69, 9.17) is 4.98 Å². The number of hydrogen-bond acceptors (Lipinski definition) is 3. The summed E-state index contributed by atoms with van der Waals surface area (Å²) in [6, 6.07) is 24.5. The fourth-order valence-electron chi connectivity index (χ4n) is 4.95. The van der Waals surface area contributed by atoms with Gasteiger partial charge in [0, 0.05) is 51.9 Å². The molecule has 1 aliphatic rings. The molecule has 1 atom stereocenters. The van der Waals surface area contributed by atoms with Gasteiger partial charge in [-0.25, -0.2) is 9.78 Å². The number of imidazole rings is 1. The minimum atomic E-state index is -0.123. The van der Waals surface area contributed by atoms with E-state index in [1.807, 2.05) is 41.3 Å². The van der Waals surface area contributed by atoms with Gasteiger partial charge in [-0.15, -0.1) is 0 Å². The van der Waals surface area contributed by atoms with Crippen LogP contribution in [0.15, 0.2) is 72.8 Å². The van der Waals surface area contributed by atoms with Gasteiger partial charge in [0.05, 0.1) is 11.0 Å². The molecule has 7 nitrogen and oxygen atoms in total. The van der Waals surface area contributed by atoms with Crippen LogP contribution in [0.5, 0.6) is 0 Å². The highest BCUT2D eigenvalue weighted by molar-refractivity contribution is 5.97. The van der Waals surface area contributed by atoms with Crippen molar-refractivity contribution >= 4 is 23.0 Å². The molecule has 1 aromatic heterocycles. The summed E-state index contributed by atoms with van der Waals surface area (Å²) in [6.07, 6.45) is 0.931. The number of rotatable bonds is 5. The van der Waals surface area contributed by atoms with Gasteiger partial charge in [-0.1, -0.05) is 54.6 Å². The average molecular weight is 482 g/mol. The Kier molecular flexibility index (Phi) is 6.46. The second kappa shape index (κ2) is 9.85. The van der Waals surface area contributed by atoms with E-state index in [2.05, 4.69) is 46.3 Å². The van der Waals surface area contributed by atoms with E-state index in [-0.39, 0.29) is 11.9 Å². The first kappa shape index (κ1) is 23.6. The summed E-state index contributed by atoms with van der Waals surface area (Å²) < 4.78 is 2.22. The monoisotopic (exact) mass is 481 g/mol. The highest BCUT2D eigenvalue weighted by Crippen LogP contribution is 2.30. The predicted molar refractivity (Wildman–Crippen MR) is 143 cm³/mol. The Balaban J connectivity index is 1.52. The fraction of sp³-hybridized carbons (Fsp3) is 0.276. The van der Waals surface area contributed by atoms with Crippen LogP contribution in [0.4, 0.5) is 4.79 Å². The maximum Gasteiger partial charge on any atom is 0.319 e. The molecule has 1 aliphatic heterocycles. The minimum Gasteiger partial charge on any atom is -0.355 e. The van der Waals surface area contributed by atoms with E-state index >= 15 is 0 Å². The molecule has 0 unspecified atom stereocenters. The van der Waals surface area contributed by atoms with Gasteiger partial charge in [0.15, 0.2) is 0 Å². The molecule has 1 N–H and O–H groups in total. The van der Waals surface area contributed by atoms with E-state index in [1.54, 1.807) is 26.0 Å².